The van der Waals surface area contributed by atoms with E-state index in [1.165, 1.54) is 18.9 Å². The number of nitrogens with one attached hydrogen (secondary N) is 7. The van der Waals surface area contributed by atoms with Gasteiger partial charge in [-0.1, -0.05) is 111 Å². The molecule has 28 nitrogen and oxygen atoms in total. The van der Waals surface area contributed by atoms with Crippen molar-refractivity contribution in [3.8, 4) is 0 Å². The van der Waals surface area contributed by atoms with E-state index >= 15 is 0 Å². The molecule has 0 aliphatic carbocycles. The number of ketones is 1. The van der Waals surface area contributed by atoms with E-state index in [0.29, 0.717) is 36.3 Å². The Balaban J connectivity index is 1.70. The predicted octanol–water partition coefficient (Wildman–Crippen LogP) is 4.20. The van der Waals surface area contributed by atoms with Gasteiger partial charge in [0.25, 0.3) is 0 Å². The molecule has 0 spiro atoms. The molecule has 2 aromatic carbocycles. The molecule has 2 aromatic rings. The van der Waals surface area contributed by atoms with Gasteiger partial charge in [0.2, 0.25) is 47.3 Å². The number of hydrogen-bond donors (Lipinski definition) is 10. The number of benzene rings is 2. The highest BCUT2D eigenvalue weighted by Crippen LogP contribution is 2.30. The van der Waals surface area contributed by atoms with Crippen LogP contribution in [0.1, 0.15) is 158 Å². The largest absolute Gasteiger partial charge is 0.445 e. The number of ether oxygens (including phenoxy) is 4. The summed E-state index contributed by atoms with van der Waals surface area (Å²) in [6.07, 6.45) is -0.910. The van der Waals surface area contributed by atoms with Crippen molar-refractivity contribution in [2.24, 2.45) is 41.1 Å². The van der Waals surface area contributed by atoms with Gasteiger partial charge in [0, 0.05) is 77.9 Å². The number of primary amides is 2. The highest BCUT2D eigenvalue weighted by atomic mass is 16.6. The Labute approximate surface area is 578 Å². The van der Waals surface area contributed by atoms with Crippen LogP contribution in [0.4, 0.5) is 15.3 Å². The van der Waals surface area contributed by atoms with Crippen LogP contribution in [0, 0.1) is 29.6 Å². The summed E-state index contributed by atoms with van der Waals surface area (Å²) in [7, 11) is 6.59. The molecule has 0 radical (unpaired) electrons. The molecule has 550 valence electrons. The standard InChI is InChI=1S/C70H114N12O16/c1-16-44(8)61(55(95-14)38-58(86)82-35-21-25-54(82)63(96-15)46(10)64(88)74-47(11)62(87)49-22-18-17-19-23-49)80(12)39-53(41(2)3)78-68(92)60(43(6)7)81(13)70(94)98-40-48-26-28-50(29-27-48)75-65(89)51(24-20-34-73-69(72)93)77-67(91)59(42(4)5)79-66(90)52(30-31-56(71)84)76-57(85)33-37-97-36-32-45(9)83/h17-19,22-23,26-29,41-44,46-47,51-55,59-63,87H,16,20-21,24-25,30-40H2,1-15H3,(H2,71,84)(H,74,88)(H,75,89)(H,76,85)(H,77,91)(H,78,92)(H,79,90)(H3,72,73,93)/t44-,46+,47+,51-,52-,53+,54-,55+,59-,60-,61-,62+,63+/m0/s1. The summed E-state index contributed by atoms with van der Waals surface area (Å²) in [6.45, 7) is 20.9. The van der Waals surface area contributed by atoms with Crippen molar-refractivity contribution in [1.82, 2.24) is 46.6 Å². The quantitative estimate of drug-likeness (QED) is 0.0416. The van der Waals surface area contributed by atoms with Crippen LogP contribution in [0.3, 0.4) is 0 Å². The van der Waals surface area contributed by atoms with Crippen molar-refractivity contribution in [3.63, 3.8) is 0 Å². The van der Waals surface area contributed by atoms with Crippen molar-refractivity contribution in [2.45, 2.75) is 214 Å². The molecular weight excluding hydrogens is 1260 g/mol. The van der Waals surface area contributed by atoms with Crippen LogP contribution in [0.25, 0.3) is 0 Å². The molecule has 0 bridgehead atoms. The van der Waals surface area contributed by atoms with Crippen molar-refractivity contribution >= 4 is 70.9 Å². The zero-order valence-corrected chi connectivity index (χ0v) is 60.3. The van der Waals surface area contributed by atoms with Crippen molar-refractivity contribution in [3.05, 3.63) is 65.7 Å². The number of hydrogen-bond acceptors (Lipinski definition) is 17. The fourth-order valence-electron chi connectivity index (χ4n) is 12.1. The summed E-state index contributed by atoms with van der Waals surface area (Å²) in [5.41, 5.74) is 12.1. The van der Waals surface area contributed by atoms with Crippen molar-refractivity contribution in [2.75, 3.05) is 66.5 Å². The number of carbonyl (C=O) groups is 11. The van der Waals surface area contributed by atoms with Crippen LogP contribution in [0.2, 0.25) is 0 Å². The highest BCUT2D eigenvalue weighted by molar-refractivity contribution is 5.99. The number of nitrogens with two attached hydrogens (primary N) is 2. The zero-order chi connectivity index (χ0) is 73.5. The van der Waals surface area contributed by atoms with Gasteiger partial charge >= 0.3 is 12.1 Å². The Morgan fingerprint density at radius 2 is 1.35 bits per heavy atom. The Kier molecular flexibility index (Phi) is 37.0. The van der Waals surface area contributed by atoms with E-state index in [0.717, 1.165) is 12.8 Å². The van der Waals surface area contributed by atoms with Crippen LogP contribution in [-0.2, 0) is 68.7 Å². The summed E-state index contributed by atoms with van der Waals surface area (Å²) in [6, 6.07) is 8.37. The lowest BCUT2D eigenvalue weighted by Crippen LogP contribution is -2.58. The molecule has 1 heterocycles. The Morgan fingerprint density at radius 1 is 0.704 bits per heavy atom. The molecule has 0 unspecified atom stereocenters. The summed E-state index contributed by atoms with van der Waals surface area (Å²) in [5, 5.41) is 30.3. The number of anilines is 1. The van der Waals surface area contributed by atoms with Gasteiger partial charge in [-0.3, -0.25) is 53.0 Å². The number of rotatable bonds is 44. The number of likely N-dealkylation sites (tertiary alicyclic amines) is 1. The molecule has 11 amide bonds. The molecule has 1 fully saturated rings. The summed E-state index contributed by atoms with van der Waals surface area (Å²) in [5.74, 6) is -5.97. The fourth-order valence-corrected chi connectivity index (χ4v) is 12.1. The first-order valence-corrected chi connectivity index (χ1v) is 34.2. The number of likely N-dealkylation sites (N-methyl/N-ethyl adjacent to an activating group) is 2. The van der Waals surface area contributed by atoms with Crippen LogP contribution >= 0.6 is 0 Å². The molecule has 3 rings (SSSR count). The lowest BCUT2D eigenvalue weighted by Gasteiger charge is -2.41. The summed E-state index contributed by atoms with van der Waals surface area (Å²) < 4.78 is 23.3. The molecule has 1 saturated heterocycles. The van der Waals surface area contributed by atoms with Crippen LogP contribution in [0.15, 0.2) is 54.6 Å². The van der Waals surface area contributed by atoms with Crippen LogP contribution in [0.5, 0.6) is 0 Å². The first-order valence-electron chi connectivity index (χ1n) is 34.2. The Hall–Kier alpha value is -7.79. The van der Waals surface area contributed by atoms with E-state index in [2.05, 4.69) is 56.0 Å². The second-order valence-corrected chi connectivity index (χ2v) is 26.8. The summed E-state index contributed by atoms with van der Waals surface area (Å²) in [4.78, 5) is 151. The maximum Gasteiger partial charge on any atom is 0.410 e. The number of methoxy groups -OCH3 is 2. The normalized spacial score (nSPS) is 16.8. The van der Waals surface area contributed by atoms with Gasteiger partial charge in [-0.2, -0.15) is 0 Å². The monoisotopic (exact) mass is 1380 g/mol. The third kappa shape index (κ3) is 27.8. The van der Waals surface area contributed by atoms with E-state index in [9.17, 15) is 57.8 Å². The number of urea groups is 1. The van der Waals surface area contributed by atoms with Gasteiger partial charge in [-0.25, -0.2) is 9.59 Å². The zero-order valence-electron chi connectivity index (χ0n) is 60.3. The smallest absolute Gasteiger partial charge is 0.410 e. The first-order chi connectivity index (χ1) is 46.3. The lowest BCUT2D eigenvalue weighted by atomic mass is 9.89. The van der Waals surface area contributed by atoms with Crippen LogP contribution in [-0.4, -0.2) is 207 Å². The van der Waals surface area contributed by atoms with Gasteiger partial charge in [0.05, 0.1) is 55.9 Å². The van der Waals surface area contributed by atoms with Gasteiger partial charge in [0.15, 0.2) is 0 Å². The molecule has 1 aliphatic heterocycles. The first kappa shape index (κ1) is 84.4. The number of nitrogens with zero attached hydrogens (tertiary/aromatic N) is 3. The maximum atomic E-state index is 14.5. The molecular formula is C70H114N12O16. The molecule has 12 N–H and O–H groups in total. The van der Waals surface area contributed by atoms with Crippen LogP contribution < -0.4 is 48.7 Å². The second kappa shape index (κ2) is 42.9. The van der Waals surface area contributed by atoms with Gasteiger partial charge < -0.3 is 77.6 Å². The molecule has 0 aromatic heterocycles. The Bertz CT molecular complexity index is 2890. The number of aliphatic hydroxyl groups is 1. The SMILES string of the molecule is CC[C@H](C)[C@@H]([C@@H](CC(=O)N1CCC[C@H]1[C@H](OC)[C@@H](C)C(=O)N[C@H](C)[C@@H](O)c1ccccc1)OC)N(C)C[C@@H](NC(=O)[C@H](C(C)C)N(C)C(=O)OCc1ccc(NC(=O)[C@H](CCCNC(N)=O)NC(=O)[C@@H](NC(=O)[C@H](CCC(N)=O)NC(=O)CCOCCC(C)=O)C(C)C)cc1)C(C)C. The average Bonchev–Trinajstić information content (AvgIpc) is 1.55. The lowest BCUT2D eigenvalue weighted by molar-refractivity contribution is -0.143. The van der Waals surface area contributed by atoms with Gasteiger partial charge in [0.1, 0.15) is 36.6 Å². The van der Waals surface area contributed by atoms with Gasteiger partial charge in [-0.05, 0) is 99.9 Å². The number of aliphatic hydroxyl groups excluding tert-OH is 1. The van der Waals surface area contributed by atoms with E-state index in [-0.39, 0.29) is 125 Å². The van der Waals surface area contributed by atoms with E-state index in [1.807, 2.05) is 57.8 Å². The highest BCUT2D eigenvalue weighted by Gasteiger charge is 2.43. The molecule has 0 saturated carbocycles. The van der Waals surface area contributed by atoms with E-state index < -0.39 is 108 Å². The predicted molar refractivity (Wildman–Crippen MR) is 370 cm³/mol. The Morgan fingerprint density at radius 3 is 1.92 bits per heavy atom. The fraction of sp³-hybridized carbons (Fsp3) is 0.671. The minimum Gasteiger partial charge on any atom is -0.445 e. The minimum atomic E-state index is -1.28. The van der Waals surface area contributed by atoms with E-state index in [1.54, 1.807) is 78.3 Å². The maximum absolute atomic E-state index is 14.5. The number of amides is 11. The van der Waals surface area contributed by atoms with Crippen molar-refractivity contribution in [1.29, 1.82) is 0 Å². The van der Waals surface area contributed by atoms with E-state index in [4.69, 9.17) is 30.4 Å². The molecule has 1 aliphatic rings. The molecule has 28 heteroatoms. The number of carbonyl (C=O) groups excluding carboxylic acids is 11. The van der Waals surface area contributed by atoms with Gasteiger partial charge in [-0.15, -0.1) is 0 Å². The molecule has 13 atom stereocenters. The topological polar surface area (TPSA) is 391 Å². The average molecular weight is 1380 g/mol. The summed E-state index contributed by atoms with van der Waals surface area (Å²) >= 11 is 0. The third-order valence-electron chi connectivity index (χ3n) is 18.0. The number of Topliss-reactive ketones (excluding diaryl/α,β-unsaturated/α-hetero) is 1. The minimum absolute atomic E-state index is 0.0126. The third-order valence-corrected chi connectivity index (χ3v) is 18.0. The molecule has 98 heavy (non-hydrogen) atoms. The van der Waals surface area contributed by atoms with Crippen molar-refractivity contribution < 1.29 is 76.8 Å². The second-order valence-electron chi connectivity index (χ2n) is 26.8.